The van der Waals surface area contributed by atoms with E-state index in [-0.39, 0.29) is 24.4 Å². The van der Waals surface area contributed by atoms with Crippen LogP contribution < -0.4 is 5.32 Å². The number of rotatable bonds is 1. The second-order valence-electron chi connectivity index (χ2n) is 4.97. The van der Waals surface area contributed by atoms with Crippen LogP contribution in [-0.4, -0.2) is 36.0 Å². The van der Waals surface area contributed by atoms with Gasteiger partial charge in [0.1, 0.15) is 0 Å². The molecule has 1 aliphatic heterocycles. The molecule has 0 radical (unpaired) electrons. The van der Waals surface area contributed by atoms with E-state index in [4.69, 9.17) is 0 Å². The molecule has 0 aromatic heterocycles. The maximum absolute atomic E-state index is 12.6. The Morgan fingerprint density at radius 3 is 2.79 bits per heavy atom. The first-order valence-electron chi connectivity index (χ1n) is 6.31. The van der Waals surface area contributed by atoms with Crippen LogP contribution in [0.4, 0.5) is 0 Å². The van der Waals surface area contributed by atoms with Gasteiger partial charge in [0.05, 0.1) is 5.56 Å². The van der Waals surface area contributed by atoms with Gasteiger partial charge in [0.2, 0.25) is 0 Å². The monoisotopic (exact) mass is 394 g/mol. The fourth-order valence-electron chi connectivity index (χ4n) is 2.30. The summed E-state index contributed by atoms with van der Waals surface area (Å²) in [5.41, 5.74) is 1.96. The Kier molecular flexibility index (Phi) is 6.08. The Labute approximate surface area is 134 Å². The van der Waals surface area contributed by atoms with Crippen molar-refractivity contribution in [2.24, 2.45) is 0 Å². The van der Waals surface area contributed by atoms with Crippen molar-refractivity contribution in [1.29, 1.82) is 0 Å². The molecule has 1 aromatic rings. The van der Waals surface area contributed by atoms with Gasteiger partial charge in [-0.2, -0.15) is 0 Å². The standard InChI is InChI=1S/C14H19IN2O.ClH/c1-9-4-5-13(15)12(8-9)14(18)17-7-6-16-10(2)11(17)3;/h4-5,8,10-11,16H,6-7H2,1-3H3;1H. The number of amides is 1. The van der Waals surface area contributed by atoms with Crippen LogP contribution in [0, 0.1) is 10.5 Å². The summed E-state index contributed by atoms with van der Waals surface area (Å²) in [6.45, 7) is 7.92. The van der Waals surface area contributed by atoms with E-state index in [1.165, 1.54) is 0 Å². The molecule has 0 spiro atoms. The molecule has 1 fully saturated rings. The van der Waals surface area contributed by atoms with Gasteiger partial charge in [0, 0.05) is 28.7 Å². The second-order valence-corrected chi connectivity index (χ2v) is 6.13. The maximum Gasteiger partial charge on any atom is 0.255 e. The molecule has 1 saturated heterocycles. The summed E-state index contributed by atoms with van der Waals surface area (Å²) >= 11 is 2.24. The molecule has 1 aromatic carbocycles. The van der Waals surface area contributed by atoms with Gasteiger partial charge >= 0.3 is 0 Å². The summed E-state index contributed by atoms with van der Waals surface area (Å²) in [7, 11) is 0. The van der Waals surface area contributed by atoms with E-state index >= 15 is 0 Å². The van der Waals surface area contributed by atoms with Gasteiger partial charge in [0.25, 0.3) is 5.91 Å². The van der Waals surface area contributed by atoms with E-state index < -0.39 is 0 Å². The van der Waals surface area contributed by atoms with Crippen molar-refractivity contribution in [1.82, 2.24) is 10.2 Å². The summed E-state index contributed by atoms with van der Waals surface area (Å²) in [5.74, 6) is 0.156. The van der Waals surface area contributed by atoms with Crippen molar-refractivity contribution in [2.75, 3.05) is 13.1 Å². The van der Waals surface area contributed by atoms with E-state index in [1.807, 2.05) is 30.0 Å². The van der Waals surface area contributed by atoms with E-state index in [1.54, 1.807) is 0 Å². The Morgan fingerprint density at radius 1 is 1.42 bits per heavy atom. The molecule has 2 rings (SSSR count). The van der Waals surface area contributed by atoms with Crippen LogP contribution in [0.5, 0.6) is 0 Å². The average molecular weight is 395 g/mol. The molecule has 0 aliphatic carbocycles. The van der Waals surface area contributed by atoms with Crippen LogP contribution >= 0.6 is 35.0 Å². The highest BCUT2D eigenvalue weighted by Crippen LogP contribution is 2.19. The van der Waals surface area contributed by atoms with Gasteiger partial charge in [-0.15, -0.1) is 12.4 Å². The topological polar surface area (TPSA) is 32.3 Å². The fourth-order valence-corrected chi connectivity index (χ4v) is 2.87. The number of nitrogens with zero attached hydrogens (tertiary/aromatic N) is 1. The van der Waals surface area contributed by atoms with Gasteiger partial charge in [-0.25, -0.2) is 0 Å². The summed E-state index contributed by atoms with van der Waals surface area (Å²) in [6.07, 6.45) is 0. The molecule has 5 heteroatoms. The predicted molar refractivity (Wildman–Crippen MR) is 89.1 cm³/mol. The first-order chi connectivity index (χ1) is 8.50. The SMILES string of the molecule is Cc1ccc(I)c(C(=O)N2CCNC(C)C2C)c1.Cl. The lowest BCUT2D eigenvalue weighted by Gasteiger charge is -2.38. The Morgan fingerprint density at radius 2 is 2.11 bits per heavy atom. The van der Waals surface area contributed by atoms with Crippen LogP contribution in [0.1, 0.15) is 29.8 Å². The average Bonchev–Trinajstić information content (AvgIpc) is 2.35. The minimum atomic E-state index is 0. The molecule has 3 nitrogen and oxygen atoms in total. The second kappa shape index (κ2) is 6.90. The molecule has 19 heavy (non-hydrogen) atoms. The van der Waals surface area contributed by atoms with E-state index in [0.29, 0.717) is 6.04 Å². The maximum atomic E-state index is 12.6. The quantitative estimate of drug-likeness (QED) is 0.743. The van der Waals surface area contributed by atoms with Gasteiger partial charge in [-0.1, -0.05) is 11.6 Å². The Balaban J connectivity index is 0.00000180. The third-order valence-electron chi connectivity index (χ3n) is 3.65. The summed E-state index contributed by atoms with van der Waals surface area (Å²) in [4.78, 5) is 14.6. The van der Waals surface area contributed by atoms with Crippen LogP contribution in [0.15, 0.2) is 18.2 Å². The first-order valence-corrected chi connectivity index (χ1v) is 7.39. The zero-order chi connectivity index (χ0) is 13.3. The van der Waals surface area contributed by atoms with Crippen molar-refractivity contribution in [2.45, 2.75) is 32.9 Å². The third-order valence-corrected chi connectivity index (χ3v) is 4.59. The number of nitrogens with one attached hydrogen (secondary N) is 1. The molecule has 2 unspecified atom stereocenters. The molecular formula is C14H20ClIN2O. The molecule has 2 atom stereocenters. The van der Waals surface area contributed by atoms with Gasteiger partial charge in [0.15, 0.2) is 0 Å². The highest BCUT2D eigenvalue weighted by molar-refractivity contribution is 14.1. The lowest BCUT2D eigenvalue weighted by atomic mass is 10.0. The Bertz CT molecular complexity index is 467. The zero-order valence-corrected chi connectivity index (χ0v) is 14.4. The molecule has 106 valence electrons. The number of aryl methyl sites for hydroxylation is 1. The van der Waals surface area contributed by atoms with E-state index in [0.717, 1.165) is 27.8 Å². The molecule has 0 saturated carbocycles. The van der Waals surface area contributed by atoms with Crippen molar-refractivity contribution in [3.63, 3.8) is 0 Å². The van der Waals surface area contributed by atoms with Crippen molar-refractivity contribution in [3.8, 4) is 0 Å². The van der Waals surface area contributed by atoms with Crippen LogP contribution in [0.2, 0.25) is 0 Å². The van der Waals surface area contributed by atoms with E-state index in [9.17, 15) is 4.79 Å². The van der Waals surface area contributed by atoms with Crippen molar-refractivity contribution < 1.29 is 4.79 Å². The normalized spacial score (nSPS) is 22.8. The lowest BCUT2D eigenvalue weighted by molar-refractivity contribution is 0.0602. The van der Waals surface area contributed by atoms with Crippen LogP contribution in [0.3, 0.4) is 0 Å². The number of carbonyl (C=O) groups is 1. The highest BCUT2D eigenvalue weighted by Gasteiger charge is 2.29. The number of piperazine rings is 1. The largest absolute Gasteiger partial charge is 0.333 e. The third kappa shape index (κ3) is 3.61. The Hall–Kier alpha value is -0.330. The minimum Gasteiger partial charge on any atom is -0.333 e. The summed E-state index contributed by atoms with van der Waals surface area (Å²) in [6, 6.07) is 6.64. The minimum absolute atomic E-state index is 0. The van der Waals surface area contributed by atoms with E-state index in [2.05, 4.69) is 41.8 Å². The van der Waals surface area contributed by atoms with Crippen molar-refractivity contribution >= 4 is 40.9 Å². The number of hydrogen-bond donors (Lipinski definition) is 1. The number of carbonyl (C=O) groups excluding carboxylic acids is 1. The smallest absolute Gasteiger partial charge is 0.255 e. The number of hydrogen-bond acceptors (Lipinski definition) is 2. The summed E-state index contributed by atoms with van der Waals surface area (Å²) < 4.78 is 1.03. The lowest BCUT2D eigenvalue weighted by Crippen LogP contribution is -2.57. The first kappa shape index (κ1) is 16.7. The molecule has 1 amide bonds. The molecule has 1 N–H and O–H groups in total. The highest BCUT2D eigenvalue weighted by atomic mass is 127. The molecule has 1 aliphatic rings. The van der Waals surface area contributed by atoms with Gasteiger partial charge in [-0.3, -0.25) is 4.79 Å². The van der Waals surface area contributed by atoms with Gasteiger partial charge in [-0.05, 0) is 55.5 Å². The van der Waals surface area contributed by atoms with Crippen molar-refractivity contribution in [3.05, 3.63) is 32.9 Å². The predicted octanol–water partition coefficient (Wildman–Crippen LogP) is 2.84. The molecule has 1 heterocycles. The molecular weight excluding hydrogens is 375 g/mol. The van der Waals surface area contributed by atoms with Crippen LogP contribution in [0.25, 0.3) is 0 Å². The van der Waals surface area contributed by atoms with Crippen LogP contribution in [-0.2, 0) is 0 Å². The summed E-state index contributed by atoms with van der Waals surface area (Å²) in [5, 5.41) is 3.40. The number of benzene rings is 1. The zero-order valence-electron chi connectivity index (χ0n) is 11.4. The fraction of sp³-hybridized carbons (Fsp3) is 0.500. The van der Waals surface area contributed by atoms with Gasteiger partial charge < -0.3 is 10.2 Å². The molecule has 0 bridgehead atoms. The number of halogens is 2.